The smallest absolute Gasteiger partial charge is 0.310 e. The number of likely N-dealkylation sites (tertiary alicyclic amines) is 1. The van der Waals surface area contributed by atoms with E-state index in [2.05, 4.69) is 15.3 Å². The van der Waals surface area contributed by atoms with Crippen LogP contribution >= 0.6 is 12.2 Å². The van der Waals surface area contributed by atoms with Gasteiger partial charge < -0.3 is 4.74 Å². The molecule has 1 aliphatic rings. The number of esters is 1. The van der Waals surface area contributed by atoms with Gasteiger partial charge in [0, 0.05) is 6.54 Å². The fourth-order valence-electron chi connectivity index (χ4n) is 2.92. The first-order valence-corrected chi connectivity index (χ1v) is 8.57. The minimum absolute atomic E-state index is 0.0722. The van der Waals surface area contributed by atoms with Crippen molar-refractivity contribution in [3.63, 3.8) is 0 Å². The fourth-order valence-corrected chi connectivity index (χ4v) is 3.16. The highest BCUT2D eigenvalue weighted by Gasteiger charge is 2.27. The van der Waals surface area contributed by atoms with Gasteiger partial charge in [-0.05, 0) is 61.1 Å². The lowest BCUT2D eigenvalue weighted by Gasteiger charge is -2.30. The molecule has 3 rings (SSSR count). The van der Waals surface area contributed by atoms with Crippen molar-refractivity contribution in [2.24, 2.45) is 5.92 Å². The summed E-state index contributed by atoms with van der Waals surface area (Å²) in [7, 11) is 0. The summed E-state index contributed by atoms with van der Waals surface area (Å²) in [6.07, 6.45) is 1.83. The number of ether oxygens (including phenoxy) is 1. The van der Waals surface area contributed by atoms with Crippen molar-refractivity contribution in [2.75, 3.05) is 19.7 Å². The van der Waals surface area contributed by atoms with Gasteiger partial charge in [0.15, 0.2) is 0 Å². The molecule has 0 radical (unpaired) electrons. The number of hydrogen-bond donors (Lipinski definition) is 0. The average Bonchev–Trinajstić information content (AvgIpc) is 2.97. The van der Waals surface area contributed by atoms with Crippen LogP contribution in [0.5, 0.6) is 0 Å². The first kappa shape index (κ1) is 16.8. The van der Waals surface area contributed by atoms with E-state index >= 15 is 0 Å². The summed E-state index contributed by atoms with van der Waals surface area (Å²) in [4.78, 5) is 14.1. The quantitative estimate of drug-likeness (QED) is 0.609. The molecule has 1 aliphatic heterocycles. The number of carbonyl (C=O) groups excluding carboxylic acids is 1. The third kappa shape index (κ3) is 3.70. The maximum absolute atomic E-state index is 11.9. The Balaban J connectivity index is 1.69. The summed E-state index contributed by atoms with van der Waals surface area (Å²) in [5.74, 6) is -0.184. The molecule has 24 heavy (non-hydrogen) atoms. The van der Waals surface area contributed by atoms with E-state index in [0.717, 1.165) is 25.1 Å². The van der Waals surface area contributed by atoms with Crippen molar-refractivity contribution < 1.29 is 9.53 Å². The predicted octanol–water partition coefficient (Wildman–Crippen LogP) is 2.03. The highest BCUT2D eigenvalue weighted by Crippen LogP contribution is 2.18. The number of piperidine rings is 1. The van der Waals surface area contributed by atoms with Crippen LogP contribution in [0.2, 0.25) is 0 Å². The fraction of sp³-hybridized carbons (Fsp3) is 0.500. The van der Waals surface area contributed by atoms with Gasteiger partial charge in [0.2, 0.25) is 4.77 Å². The van der Waals surface area contributed by atoms with Crippen molar-refractivity contribution in [3.05, 3.63) is 35.1 Å². The maximum Gasteiger partial charge on any atom is 0.310 e. The largest absolute Gasteiger partial charge is 0.466 e. The molecule has 1 saturated heterocycles. The van der Waals surface area contributed by atoms with Crippen molar-refractivity contribution in [1.29, 1.82) is 0 Å². The molecule has 0 unspecified atom stereocenters. The Morgan fingerprint density at radius 2 is 2.12 bits per heavy atom. The van der Waals surface area contributed by atoms with Gasteiger partial charge in [0.05, 0.1) is 24.9 Å². The first-order chi connectivity index (χ1) is 11.7. The minimum atomic E-state index is -0.112. The number of benzene rings is 1. The van der Waals surface area contributed by atoms with Gasteiger partial charge in [-0.3, -0.25) is 9.69 Å². The van der Waals surface area contributed by atoms with Gasteiger partial charge >= 0.3 is 5.97 Å². The summed E-state index contributed by atoms with van der Waals surface area (Å²) >= 11 is 5.48. The number of para-hydroxylation sites is 1. The highest BCUT2D eigenvalue weighted by molar-refractivity contribution is 7.71. The zero-order chi connectivity index (χ0) is 16.9. The first-order valence-electron chi connectivity index (χ1n) is 8.16. The molecule has 0 saturated carbocycles. The molecule has 1 fully saturated rings. The van der Waals surface area contributed by atoms with Gasteiger partial charge in [0.1, 0.15) is 0 Å². The third-order valence-electron chi connectivity index (χ3n) is 4.10. The Morgan fingerprint density at radius 3 is 2.88 bits per heavy atom. The van der Waals surface area contributed by atoms with Crippen LogP contribution in [0.25, 0.3) is 5.69 Å². The molecule has 0 aliphatic carbocycles. The molecule has 1 aromatic carbocycles. The number of nitrogens with zero attached hydrogens (tertiary/aromatic N) is 5. The summed E-state index contributed by atoms with van der Waals surface area (Å²) in [5, 5.41) is 8.30. The monoisotopic (exact) mass is 347 g/mol. The topological polar surface area (TPSA) is 65.2 Å². The van der Waals surface area contributed by atoms with Crippen molar-refractivity contribution in [2.45, 2.75) is 26.4 Å². The van der Waals surface area contributed by atoms with E-state index in [1.54, 1.807) is 9.36 Å². The Bertz CT molecular complexity index is 742. The zero-order valence-corrected chi connectivity index (χ0v) is 14.5. The average molecular weight is 347 g/mol. The predicted molar refractivity (Wildman–Crippen MR) is 91.1 cm³/mol. The van der Waals surface area contributed by atoms with Crippen LogP contribution in [0.4, 0.5) is 0 Å². The Labute approximate surface area is 145 Å². The molecule has 1 atom stereocenters. The van der Waals surface area contributed by atoms with Gasteiger partial charge in [0.25, 0.3) is 0 Å². The summed E-state index contributed by atoms with van der Waals surface area (Å²) in [6, 6.07) is 9.69. The Kier molecular flexibility index (Phi) is 5.37. The molecular weight excluding hydrogens is 326 g/mol. The van der Waals surface area contributed by atoms with Crippen LogP contribution in [0, 0.1) is 10.7 Å². The SMILES string of the molecule is CCOC(=O)[C@@H]1CCCN(Cn2nnn(-c3ccccc3)c2=S)C1. The number of aromatic nitrogens is 4. The van der Waals surface area contributed by atoms with E-state index in [1.807, 2.05) is 37.3 Å². The lowest BCUT2D eigenvalue weighted by Crippen LogP contribution is -2.40. The normalized spacial score (nSPS) is 18.5. The number of hydrogen-bond acceptors (Lipinski definition) is 6. The zero-order valence-electron chi connectivity index (χ0n) is 13.7. The van der Waals surface area contributed by atoms with E-state index < -0.39 is 0 Å². The van der Waals surface area contributed by atoms with Crippen LogP contribution in [-0.2, 0) is 16.2 Å². The lowest BCUT2D eigenvalue weighted by atomic mass is 9.99. The number of carbonyl (C=O) groups is 1. The van der Waals surface area contributed by atoms with Gasteiger partial charge in [-0.2, -0.15) is 4.68 Å². The Hall–Kier alpha value is -2.06. The van der Waals surface area contributed by atoms with E-state index in [-0.39, 0.29) is 11.9 Å². The van der Waals surface area contributed by atoms with Crippen molar-refractivity contribution >= 4 is 18.2 Å². The summed E-state index contributed by atoms with van der Waals surface area (Å²) < 4.78 is 9.01. The summed E-state index contributed by atoms with van der Waals surface area (Å²) in [5.41, 5.74) is 0.886. The molecule has 2 heterocycles. The van der Waals surface area contributed by atoms with Crippen LogP contribution in [0.15, 0.2) is 30.3 Å². The van der Waals surface area contributed by atoms with Crippen molar-refractivity contribution in [1.82, 2.24) is 24.7 Å². The second-order valence-electron chi connectivity index (χ2n) is 5.82. The molecule has 128 valence electrons. The standard InChI is InChI=1S/C16H21N5O2S/c1-2-23-15(22)13-7-6-10-19(11-13)12-20-16(24)21(18-17-20)14-8-4-3-5-9-14/h3-5,8-9,13H,2,6-7,10-12H2,1H3/t13-/m1/s1. The lowest BCUT2D eigenvalue weighted by molar-refractivity contribution is -0.150. The highest BCUT2D eigenvalue weighted by atomic mass is 32.1. The molecule has 0 bridgehead atoms. The van der Waals surface area contributed by atoms with Crippen LogP contribution in [0.1, 0.15) is 19.8 Å². The second-order valence-corrected chi connectivity index (χ2v) is 6.18. The third-order valence-corrected chi connectivity index (χ3v) is 4.48. The number of rotatable bonds is 5. The van der Waals surface area contributed by atoms with Gasteiger partial charge in [-0.25, -0.2) is 4.68 Å². The molecule has 8 heteroatoms. The van der Waals surface area contributed by atoms with Crippen LogP contribution in [0.3, 0.4) is 0 Å². The van der Waals surface area contributed by atoms with E-state index in [4.69, 9.17) is 17.0 Å². The van der Waals surface area contributed by atoms with E-state index in [1.165, 1.54) is 0 Å². The van der Waals surface area contributed by atoms with Crippen LogP contribution in [-0.4, -0.2) is 50.4 Å². The molecule has 0 amide bonds. The molecule has 7 nitrogen and oxygen atoms in total. The minimum Gasteiger partial charge on any atom is -0.466 e. The maximum atomic E-state index is 11.9. The number of tetrazole rings is 1. The van der Waals surface area contributed by atoms with Gasteiger partial charge in [-0.15, -0.1) is 0 Å². The van der Waals surface area contributed by atoms with Crippen LogP contribution < -0.4 is 0 Å². The molecule has 2 aromatic rings. The van der Waals surface area contributed by atoms with Gasteiger partial charge in [-0.1, -0.05) is 18.2 Å². The molecule has 0 spiro atoms. The second kappa shape index (κ2) is 7.67. The molecule has 1 aromatic heterocycles. The Morgan fingerprint density at radius 1 is 1.33 bits per heavy atom. The van der Waals surface area contributed by atoms with E-state index in [9.17, 15) is 4.79 Å². The van der Waals surface area contributed by atoms with Crippen molar-refractivity contribution in [3.8, 4) is 5.69 Å². The summed E-state index contributed by atoms with van der Waals surface area (Å²) in [6.45, 7) is 4.36. The molecular formula is C16H21N5O2S. The molecule has 0 N–H and O–H groups in total. The van der Waals surface area contributed by atoms with E-state index in [0.29, 0.717) is 24.6 Å².